The number of nitrogens with zero attached hydrogens (tertiary/aromatic N) is 3. The van der Waals surface area contributed by atoms with Gasteiger partial charge in [0.15, 0.2) is 0 Å². The Balaban J connectivity index is 1.45. The Morgan fingerprint density at radius 2 is 1.76 bits per heavy atom. The second-order valence-corrected chi connectivity index (χ2v) is 9.13. The zero-order chi connectivity index (χ0) is 24.3. The number of benzene rings is 2. The lowest BCUT2D eigenvalue weighted by Gasteiger charge is -2.38. The number of rotatable bonds is 6. The zero-order valence-corrected chi connectivity index (χ0v) is 19.7. The first kappa shape index (κ1) is 24.4. The van der Waals surface area contributed by atoms with E-state index in [4.69, 9.17) is 4.74 Å². The standard InChI is InChI=1S/C26H32F3N3O2/c1-3-25(33)32-17-20(24(18-32)19-6-4-7-21(14-19)26(27,28)29)16-30-10-12-31(13-11-30)22-8-5-9-23(15-22)34-2/h4-9,14-15,20,24H,3,10-13,16-18H2,1-2H3/t20-,24-/m0/s1. The van der Waals surface area contributed by atoms with Gasteiger partial charge in [0.2, 0.25) is 5.91 Å². The molecule has 1 amide bonds. The minimum absolute atomic E-state index is 0.0577. The fourth-order valence-electron chi connectivity index (χ4n) is 5.13. The molecule has 2 aromatic carbocycles. The maximum atomic E-state index is 13.3. The fraction of sp³-hybridized carbons (Fsp3) is 0.500. The van der Waals surface area contributed by atoms with Gasteiger partial charge >= 0.3 is 6.18 Å². The second kappa shape index (κ2) is 10.3. The molecule has 2 fully saturated rings. The van der Waals surface area contributed by atoms with Gasteiger partial charge in [0.1, 0.15) is 5.75 Å². The summed E-state index contributed by atoms with van der Waals surface area (Å²) in [5.74, 6) is 0.884. The van der Waals surface area contributed by atoms with E-state index in [1.54, 1.807) is 13.2 Å². The molecule has 0 spiro atoms. The van der Waals surface area contributed by atoms with Crippen molar-refractivity contribution in [3.05, 3.63) is 59.7 Å². The SMILES string of the molecule is CCC(=O)N1C[C@H](CN2CCN(c3cccc(OC)c3)CC2)[C@H](c2cccc(C(F)(F)F)c2)C1. The van der Waals surface area contributed by atoms with Crippen molar-refractivity contribution in [3.63, 3.8) is 0 Å². The van der Waals surface area contributed by atoms with Crippen LogP contribution in [0.15, 0.2) is 48.5 Å². The Morgan fingerprint density at radius 1 is 1.03 bits per heavy atom. The van der Waals surface area contributed by atoms with Gasteiger partial charge in [-0.3, -0.25) is 9.69 Å². The predicted octanol–water partition coefficient (Wildman–Crippen LogP) is 4.49. The maximum absolute atomic E-state index is 13.3. The van der Waals surface area contributed by atoms with Gasteiger partial charge in [-0.05, 0) is 29.7 Å². The molecule has 184 valence electrons. The monoisotopic (exact) mass is 475 g/mol. The van der Waals surface area contributed by atoms with Crippen molar-refractivity contribution < 1.29 is 22.7 Å². The van der Waals surface area contributed by atoms with Gasteiger partial charge in [-0.25, -0.2) is 0 Å². The van der Waals surface area contributed by atoms with Crippen LogP contribution in [0.4, 0.5) is 18.9 Å². The van der Waals surface area contributed by atoms with Gasteiger partial charge in [-0.1, -0.05) is 31.2 Å². The summed E-state index contributed by atoms with van der Waals surface area (Å²) in [7, 11) is 1.66. The van der Waals surface area contributed by atoms with Gasteiger partial charge in [-0.2, -0.15) is 13.2 Å². The Morgan fingerprint density at radius 3 is 2.44 bits per heavy atom. The zero-order valence-electron chi connectivity index (χ0n) is 19.7. The molecule has 0 unspecified atom stereocenters. The third-order valence-electron chi connectivity index (χ3n) is 7.02. The number of anilines is 1. The van der Waals surface area contributed by atoms with Gasteiger partial charge < -0.3 is 14.5 Å². The highest BCUT2D eigenvalue weighted by Gasteiger charge is 2.38. The summed E-state index contributed by atoms with van der Waals surface area (Å²) >= 11 is 0. The van der Waals surface area contributed by atoms with Gasteiger partial charge in [0.25, 0.3) is 0 Å². The minimum Gasteiger partial charge on any atom is -0.497 e. The van der Waals surface area contributed by atoms with E-state index in [0.717, 1.165) is 50.2 Å². The molecule has 2 heterocycles. The highest BCUT2D eigenvalue weighted by atomic mass is 19.4. The van der Waals surface area contributed by atoms with Crippen molar-refractivity contribution in [2.45, 2.75) is 25.4 Å². The molecule has 0 N–H and O–H groups in total. The first-order valence-electron chi connectivity index (χ1n) is 11.8. The number of likely N-dealkylation sites (tertiary alicyclic amines) is 1. The van der Waals surface area contributed by atoms with Crippen LogP contribution in [0.25, 0.3) is 0 Å². The van der Waals surface area contributed by atoms with E-state index in [-0.39, 0.29) is 17.7 Å². The summed E-state index contributed by atoms with van der Waals surface area (Å²) in [4.78, 5) is 18.9. The molecule has 8 heteroatoms. The number of methoxy groups -OCH3 is 1. The number of halogens is 3. The Labute approximate surface area is 199 Å². The minimum atomic E-state index is -4.38. The maximum Gasteiger partial charge on any atom is 0.416 e. The molecule has 2 atom stereocenters. The Hall–Kier alpha value is -2.74. The normalized spacial score (nSPS) is 21.7. The molecular formula is C26H32F3N3O2. The van der Waals surface area contributed by atoms with E-state index >= 15 is 0 Å². The summed E-state index contributed by atoms with van der Waals surface area (Å²) in [5.41, 5.74) is 1.17. The lowest BCUT2D eigenvalue weighted by Crippen LogP contribution is -2.48. The first-order valence-corrected chi connectivity index (χ1v) is 11.8. The Kier molecular flexibility index (Phi) is 7.36. The molecule has 0 saturated carbocycles. The van der Waals surface area contributed by atoms with E-state index in [9.17, 15) is 18.0 Å². The van der Waals surface area contributed by atoms with Crippen LogP contribution >= 0.6 is 0 Å². The third-order valence-corrected chi connectivity index (χ3v) is 7.02. The van der Waals surface area contributed by atoms with Gasteiger partial charge in [-0.15, -0.1) is 0 Å². The molecular weight excluding hydrogens is 443 g/mol. The second-order valence-electron chi connectivity index (χ2n) is 9.13. The van der Waals surface area contributed by atoms with E-state index in [0.29, 0.717) is 25.1 Å². The number of hydrogen-bond donors (Lipinski definition) is 0. The van der Waals surface area contributed by atoms with Crippen LogP contribution in [0.2, 0.25) is 0 Å². The molecule has 0 radical (unpaired) electrons. The van der Waals surface area contributed by atoms with Crippen LogP contribution in [-0.2, 0) is 11.0 Å². The van der Waals surface area contributed by atoms with E-state index in [1.165, 1.54) is 12.1 Å². The number of ether oxygens (including phenoxy) is 1. The number of amides is 1. The molecule has 0 aliphatic carbocycles. The molecule has 5 nitrogen and oxygen atoms in total. The molecule has 2 aliphatic heterocycles. The van der Waals surface area contributed by atoms with Crippen LogP contribution in [0.3, 0.4) is 0 Å². The van der Waals surface area contributed by atoms with E-state index < -0.39 is 11.7 Å². The molecule has 2 saturated heterocycles. The number of piperazine rings is 1. The number of carbonyl (C=O) groups is 1. The quantitative estimate of drug-likeness (QED) is 0.617. The number of carbonyl (C=O) groups excluding carboxylic acids is 1. The summed E-state index contributed by atoms with van der Waals surface area (Å²) in [6.07, 6.45) is -3.97. The fourth-order valence-corrected chi connectivity index (χ4v) is 5.13. The molecule has 4 rings (SSSR count). The van der Waals surface area contributed by atoms with Crippen LogP contribution in [0.1, 0.15) is 30.4 Å². The van der Waals surface area contributed by atoms with Crippen molar-refractivity contribution in [2.75, 3.05) is 57.8 Å². The van der Waals surface area contributed by atoms with Crippen molar-refractivity contribution in [2.24, 2.45) is 5.92 Å². The first-order chi connectivity index (χ1) is 16.3. The highest BCUT2D eigenvalue weighted by molar-refractivity contribution is 5.76. The summed E-state index contributed by atoms with van der Waals surface area (Å²) < 4.78 is 45.3. The van der Waals surface area contributed by atoms with Crippen molar-refractivity contribution >= 4 is 11.6 Å². The van der Waals surface area contributed by atoms with Gasteiger partial charge in [0.05, 0.1) is 12.7 Å². The number of alkyl halides is 3. The summed E-state index contributed by atoms with van der Waals surface area (Å²) in [5, 5.41) is 0. The lowest BCUT2D eigenvalue weighted by atomic mass is 9.87. The van der Waals surface area contributed by atoms with Crippen LogP contribution in [0, 0.1) is 5.92 Å². The predicted molar refractivity (Wildman–Crippen MR) is 126 cm³/mol. The van der Waals surface area contributed by atoms with E-state index in [1.807, 2.05) is 30.0 Å². The molecule has 2 aromatic rings. The number of hydrogen-bond acceptors (Lipinski definition) is 4. The van der Waals surface area contributed by atoms with Crippen LogP contribution in [-0.4, -0.2) is 68.6 Å². The summed E-state index contributed by atoms with van der Waals surface area (Å²) in [6, 6.07) is 13.6. The van der Waals surface area contributed by atoms with Crippen LogP contribution < -0.4 is 9.64 Å². The average molecular weight is 476 g/mol. The van der Waals surface area contributed by atoms with Crippen molar-refractivity contribution in [1.29, 1.82) is 0 Å². The van der Waals surface area contributed by atoms with Gasteiger partial charge in [0, 0.05) is 69.9 Å². The van der Waals surface area contributed by atoms with E-state index in [2.05, 4.69) is 15.9 Å². The smallest absolute Gasteiger partial charge is 0.416 e. The lowest BCUT2D eigenvalue weighted by molar-refractivity contribution is -0.137. The summed E-state index contributed by atoms with van der Waals surface area (Å²) in [6.45, 7) is 7.12. The van der Waals surface area contributed by atoms with Crippen molar-refractivity contribution in [1.82, 2.24) is 9.80 Å². The largest absolute Gasteiger partial charge is 0.497 e. The molecule has 0 aromatic heterocycles. The highest BCUT2D eigenvalue weighted by Crippen LogP contribution is 2.37. The topological polar surface area (TPSA) is 36.0 Å². The molecule has 34 heavy (non-hydrogen) atoms. The molecule has 2 aliphatic rings. The Bertz CT molecular complexity index is 989. The van der Waals surface area contributed by atoms with Crippen LogP contribution in [0.5, 0.6) is 5.75 Å². The third kappa shape index (κ3) is 5.49. The molecule has 0 bridgehead atoms. The average Bonchev–Trinajstić information content (AvgIpc) is 3.27. The van der Waals surface area contributed by atoms with Crippen molar-refractivity contribution in [3.8, 4) is 5.75 Å².